The molecule has 1 aliphatic carbocycles. The van der Waals surface area contributed by atoms with Gasteiger partial charge in [-0.15, -0.1) is 0 Å². The minimum atomic E-state index is -0.901. The van der Waals surface area contributed by atoms with Crippen LogP contribution in [0.3, 0.4) is 0 Å². The fourth-order valence-electron chi connectivity index (χ4n) is 4.77. The van der Waals surface area contributed by atoms with E-state index in [1.54, 1.807) is 11.4 Å². The fraction of sp³-hybridized carbons (Fsp3) is 0.375. The molecule has 7 heteroatoms. The van der Waals surface area contributed by atoms with Crippen LogP contribution in [0.15, 0.2) is 48.8 Å². The fourth-order valence-corrected chi connectivity index (χ4v) is 4.77. The summed E-state index contributed by atoms with van der Waals surface area (Å²) < 4.78 is 1.72. The number of fused-ring (bicyclic) bond motifs is 1. The number of amides is 1. The van der Waals surface area contributed by atoms with Gasteiger partial charge in [0.1, 0.15) is 0 Å². The maximum Gasteiger partial charge on any atom is 0.309 e. The van der Waals surface area contributed by atoms with Gasteiger partial charge in [-0.25, -0.2) is 4.52 Å². The Bertz CT molecular complexity index is 1180. The molecule has 0 saturated heterocycles. The van der Waals surface area contributed by atoms with E-state index in [4.69, 9.17) is 5.73 Å². The molecule has 0 unspecified atom stereocenters. The van der Waals surface area contributed by atoms with Crippen molar-refractivity contribution >= 4 is 23.1 Å². The second-order valence-electron chi connectivity index (χ2n) is 9.44. The number of rotatable bonds is 5. The van der Waals surface area contributed by atoms with Gasteiger partial charge in [-0.2, -0.15) is 5.10 Å². The van der Waals surface area contributed by atoms with Gasteiger partial charge >= 0.3 is 5.97 Å². The van der Waals surface area contributed by atoms with Crippen molar-refractivity contribution in [1.29, 1.82) is 0 Å². The third kappa shape index (κ3) is 2.99. The van der Waals surface area contributed by atoms with Crippen molar-refractivity contribution in [3.8, 4) is 11.1 Å². The van der Waals surface area contributed by atoms with Gasteiger partial charge in [0.15, 0.2) is 0 Å². The van der Waals surface area contributed by atoms with Gasteiger partial charge in [-0.05, 0) is 38.3 Å². The predicted molar refractivity (Wildman–Crippen MR) is 120 cm³/mol. The van der Waals surface area contributed by atoms with Gasteiger partial charge < -0.3 is 16.2 Å². The van der Waals surface area contributed by atoms with Crippen molar-refractivity contribution in [1.82, 2.24) is 9.61 Å². The molecule has 1 aliphatic rings. The number of carbonyl (C=O) groups is 2. The summed E-state index contributed by atoms with van der Waals surface area (Å²) in [5, 5.41) is 17.9. The van der Waals surface area contributed by atoms with Gasteiger partial charge in [-0.3, -0.25) is 9.59 Å². The largest absolute Gasteiger partial charge is 0.481 e. The van der Waals surface area contributed by atoms with Crippen molar-refractivity contribution in [2.24, 2.45) is 16.6 Å². The molecular weight excluding hydrogens is 392 g/mol. The number of primary amides is 1. The number of hydrogen-bond donors (Lipinski definition) is 3. The summed E-state index contributed by atoms with van der Waals surface area (Å²) in [6, 6.07) is 11.9. The average molecular weight is 421 g/mol. The summed E-state index contributed by atoms with van der Waals surface area (Å²) in [4.78, 5) is 24.4. The summed E-state index contributed by atoms with van der Waals surface area (Å²) >= 11 is 0. The van der Waals surface area contributed by atoms with Crippen LogP contribution in [0.4, 0.5) is 5.69 Å². The Labute approximate surface area is 181 Å². The van der Waals surface area contributed by atoms with Crippen molar-refractivity contribution in [3.05, 3.63) is 54.4 Å². The quantitative estimate of drug-likeness (QED) is 0.573. The van der Waals surface area contributed by atoms with Crippen molar-refractivity contribution < 1.29 is 14.7 Å². The minimum absolute atomic E-state index is 0.283. The summed E-state index contributed by atoms with van der Waals surface area (Å²) in [5.74, 6) is -1.40. The maximum absolute atomic E-state index is 12.3. The van der Waals surface area contributed by atoms with E-state index >= 15 is 0 Å². The normalized spacial score (nSPS) is 24.9. The SMILES string of the molecule is CC1(C)[C@](C)(Nc2c(C(N)=O)cnn3cc(-c4ccccc4)cc23)CC[C@]1(C)C(=O)O. The molecule has 162 valence electrons. The Morgan fingerprint density at radius 2 is 1.77 bits per heavy atom. The van der Waals surface area contributed by atoms with Gasteiger partial charge in [-0.1, -0.05) is 44.2 Å². The van der Waals surface area contributed by atoms with Crippen LogP contribution >= 0.6 is 0 Å². The van der Waals surface area contributed by atoms with Crippen LogP contribution in [0.2, 0.25) is 0 Å². The van der Waals surface area contributed by atoms with Crippen molar-refractivity contribution in [3.63, 3.8) is 0 Å². The molecule has 31 heavy (non-hydrogen) atoms. The van der Waals surface area contributed by atoms with Crippen LogP contribution in [0.25, 0.3) is 16.6 Å². The Morgan fingerprint density at radius 1 is 1.10 bits per heavy atom. The first kappa shape index (κ1) is 20.9. The molecule has 0 bridgehead atoms. The molecular formula is C24H28N4O3. The van der Waals surface area contributed by atoms with E-state index < -0.39 is 28.2 Å². The Morgan fingerprint density at radius 3 is 2.35 bits per heavy atom. The number of aromatic nitrogens is 2. The molecule has 1 aromatic carbocycles. The molecule has 4 N–H and O–H groups in total. The summed E-state index contributed by atoms with van der Waals surface area (Å²) in [7, 11) is 0. The number of aliphatic carboxylic acids is 1. The number of benzene rings is 1. The minimum Gasteiger partial charge on any atom is -0.481 e. The van der Waals surface area contributed by atoms with Crippen molar-refractivity contribution in [2.75, 3.05) is 5.32 Å². The monoisotopic (exact) mass is 420 g/mol. The highest BCUT2D eigenvalue weighted by Gasteiger charge is 2.62. The van der Waals surface area contributed by atoms with Crippen LogP contribution in [0.5, 0.6) is 0 Å². The van der Waals surface area contributed by atoms with Gasteiger partial charge in [0.2, 0.25) is 0 Å². The second kappa shape index (κ2) is 6.83. The van der Waals surface area contributed by atoms with E-state index in [-0.39, 0.29) is 5.56 Å². The number of nitrogens with one attached hydrogen (secondary N) is 1. The number of anilines is 1. The zero-order valence-electron chi connectivity index (χ0n) is 18.3. The highest BCUT2D eigenvalue weighted by Crippen LogP contribution is 2.59. The van der Waals surface area contributed by atoms with Gasteiger partial charge in [0.25, 0.3) is 5.91 Å². The summed E-state index contributed by atoms with van der Waals surface area (Å²) in [6.07, 6.45) is 4.54. The molecule has 0 radical (unpaired) electrons. The third-order valence-electron chi connectivity index (χ3n) is 7.77. The van der Waals surface area contributed by atoms with Crippen LogP contribution in [-0.4, -0.2) is 32.1 Å². The first-order chi connectivity index (χ1) is 14.5. The molecule has 1 saturated carbocycles. The lowest BCUT2D eigenvalue weighted by Gasteiger charge is -2.46. The third-order valence-corrected chi connectivity index (χ3v) is 7.77. The molecule has 2 heterocycles. The lowest BCUT2D eigenvalue weighted by molar-refractivity contribution is -0.154. The Kier molecular flexibility index (Phi) is 4.61. The first-order valence-corrected chi connectivity index (χ1v) is 10.4. The Hall–Kier alpha value is -3.35. The zero-order chi connectivity index (χ0) is 22.6. The predicted octanol–water partition coefficient (Wildman–Crippen LogP) is 4.18. The second-order valence-corrected chi connectivity index (χ2v) is 9.44. The molecule has 2 aromatic heterocycles. The van der Waals surface area contributed by atoms with E-state index in [0.29, 0.717) is 18.5 Å². The van der Waals surface area contributed by atoms with Gasteiger partial charge in [0, 0.05) is 22.7 Å². The Balaban J connectivity index is 1.86. The van der Waals surface area contributed by atoms with Crippen LogP contribution in [0.1, 0.15) is 50.9 Å². The molecule has 0 aliphatic heterocycles. The van der Waals surface area contributed by atoms with Gasteiger partial charge in [0.05, 0.1) is 28.4 Å². The van der Waals surface area contributed by atoms with E-state index in [1.807, 2.05) is 63.4 Å². The van der Waals surface area contributed by atoms with E-state index in [1.165, 1.54) is 6.20 Å². The smallest absolute Gasteiger partial charge is 0.309 e. The molecule has 1 amide bonds. The molecule has 4 rings (SSSR count). The van der Waals surface area contributed by atoms with Crippen molar-refractivity contribution in [2.45, 2.75) is 46.1 Å². The van der Waals surface area contributed by atoms with Crippen LogP contribution in [0, 0.1) is 10.8 Å². The number of nitrogens with two attached hydrogens (primary N) is 1. The number of carboxylic acids is 1. The topological polar surface area (TPSA) is 110 Å². The lowest BCUT2D eigenvalue weighted by atomic mass is 9.63. The van der Waals surface area contributed by atoms with Crippen LogP contribution < -0.4 is 11.1 Å². The lowest BCUT2D eigenvalue weighted by Crippen LogP contribution is -2.52. The van der Waals surface area contributed by atoms with E-state index in [0.717, 1.165) is 16.6 Å². The highest BCUT2D eigenvalue weighted by molar-refractivity contribution is 6.02. The zero-order valence-corrected chi connectivity index (χ0v) is 18.3. The molecule has 7 nitrogen and oxygen atoms in total. The molecule has 1 fully saturated rings. The van der Waals surface area contributed by atoms with E-state index in [9.17, 15) is 14.7 Å². The number of nitrogens with zero attached hydrogens (tertiary/aromatic N) is 2. The number of hydrogen-bond acceptors (Lipinski definition) is 4. The highest BCUT2D eigenvalue weighted by atomic mass is 16.4. The summed E-state index contributed by atoms with van der Waals surface area (Å²) in [5.41, 5.74) is 7.18. The van der Waals surface area contributed by atoms with E-state index in [2.05, 4.69) is 10.4 Å². The van der Waals surface area contributed by atoms with Crippen LogP contribution in [-0.2, 0) is 4.79 Å². The standard InChI is InChI=1S/C24H28N4O3/c1-22(2)23(3,21(30)31)10-11-24(22,4)27-19-17(20(25)29)13-26-28-14-16(12-18(19)28)15-8-6-5-7-9-15/h5-9,12-14,27H,10-11H2,1-4H3,(H2,25,29)(H,30,31)/t23-,24-/m1/s1. The molecule has 2 atom stereocenters. The number of carboxylic acid groups (broad SMARTS) is 1. The maximum atomic E-state index is 12.3. The molecule has 3 aromatic rings. The first-order valence-electron chi connectivity index (χ1n) is 10.4. The summed E-state index contributed by atoms with van der Waals surface area (Å²) in [6.45, 7) is 7.75. The number of carbonyl (C=O) groups excluding carboxylic acids is 1. The average Bonchev–Trinajstić information content (AvgIpc) is 3.23. The molecule has 0 spiro atoms.